The molecular weight excluding hydrogens is 198 g/mol. The molecule has 0 radical (unpaired) electrons. The smallest absolute Gasteiger partial charge is 0.311 e. The Labute approximate surface area is 84.4 Å². The van der Waals surface area contributed by atoms with Gasteiger partial charge in [-0.2, -0.15) is 0 Å². The summed E-state index contributed by atoms with van der Waals surface area (Å²) in [5.41, 5.74) is 0.640. The van der Waals surface area contributed by atoms with Crippen molar-refractivity contribution in [2.24, 2.45) is 0 Å². The number of carboxylic acids is 1. The van der Waals surface area contributed by atoms with E-state index in [-0.39, 0.29) is 12.2 Å². The summed E-state index contributed by atoms with van der Waals surface area (Å²) in [4.78, 5) is 15.5. The van der Waals surface area contributed by atoms with Gasteiger partial charge >= 0.3 is 5.97 Å². The van der Waals surface area contributed by atoms with E-state index in [1.807, 2.05) is 0 Å². The van der Waals surface area contributed by atoms with Gasteiger partial charge in [0.05, 0.1) is 6.20 Å². The number of nitrogens with zero attached hydrogens (tertiary/aromatic N) is 5. The largest absolute Gasteiger partial charge is 0.481 e. The molecule has 0 bridgehead atoms. The van der Waals surface area contributed by atoms with E-state index in [1.165, 1.54) is 4.80 Å². The lowest BCUT2D eigenvalue weighted by atomic mass is 10.4. The van der Waals surface area contributed by atoms with Gasteiger partial charge in [-0.15, -0.1) is 15.0 Å². The van der Waals surface area contributed by atoms with Gasteiger partial charge in [-0.3, -0.25) is 9.78 Å². The molecule has 2 aromatic heterocycles. The molecule has 2 rings (SSSR count). The molecule has 15 heavy (non-hydrogen) atoms. The molecule has 0 spiro atoms. The van der Waals surface area contributed by atoms with Gasteiger partial charge in [-0.25, -0.2) is 0 Å². The zero-order chi connectivity index (χ0) is 10.7. The quantitative estimate of drug-likeness (QED) is 0.738. The van der Waals surface area contributed by atoms with E-state index < -0.39 is 5.97 Å². The van der Waals surface area contributed by atoms with Crippen molar-refractivity contribution in [1.82, 2.24) is 25.2 Å². The third kappa shape index (κ3) is 2.13. The fourth-order valence-electron chi connectivity index (χ4n) is 1.03. The Morgan fingerprint density at radius 2 is 2.40 bits per heavy atom. The predicted molar refractivity (Wildman–Crippen MR) is 48.3 cm³/mol. The standard InChI is InChI=1S/C8H7N5O2/c14-8(15)4-7-10-12-13(11-7)6-2-1-3-9-5-6/h1-3,5H,4H2,(H,14,15). The number of tetrazole rings is 1. The van der Waals surface area contributed by atoms with E-state index in [0.29, 0.717) is 5.69 Å². The summed E-state index contributed by atoms with van der Waals surface area (Å²) in [7, 11) is 0. The van der Waals surface area contributed by atoms with Crippen molar-refractivity contribution in [2.75, 3.05) is 0 Å². The van der Waals surface area contributed by atoms with Gasteiger partial charge in [0.25, 0.3) is 0 Å². The van der Waals surface area contributed by atoms with Crippen LogP contribution >= 0.6 is 0 Å². The molecule has 7 nitrogen and oxygen atoms in total. The molecule has 0 aromatic carbocycles. The van der Waals surface area contributed by atoms with Crippen molar-refractivity contribution in [2.45, 2.75) is 6.42 Å². The number of rotatable bonds is 3. The van der Waals surface area contributed by atoms with Crippen LogP contribution in [-0.2, 0) is 11.2 Å². The van der Waals surface area contributed by atoms with Crippen molar-refractivity contribution in [3.63, 3.8) is 0 Å². The van der Waals surface area contributed by atoms with Crippen LogP contribution in [0.2, 0.25) is 0 Å². The van der Waals surface area contributed by atoms with Crippen LogP contribution in [0.15, 0.2) is 24.5 Å². The van der Waals surface area contributed by atoms with Gasteiger partial charge in [0, 0.05) is 6.20 Å². The third-order valence-corrected chi connectivity index (χ3v) is 1.64. The summed E-state index contributed by atoms with van der Waals surface area (Å²) in [6, 6.07) is 3.48. The lowest BCUT2D eigenvalue weighted by Gasteiger charge is -1.94. The summed E-state index contributed by atoms with van der Waals surface area (Å²) >= 11 is 0. The Morgan fingerprint density at radius 3 is 3.07 bits per heavy atom. The van der Waals surface area contributed by atoms with Crippen molar-refractivity contribution in [1.29, 1.82) is 0 Å². The normalized spacial score (nSPS) is 10.1. The molecule has 2 aromatic rings. The van der Waals surface area contributed by atoms with Gasteiger partial charge in [0.2, 0.25) is 0 Å². The zero-order valence-electron chi connectivity index (χ0n) is 7.61. The average Bonchev–Trinajstić information content (AvgIpc) is 2.67. The number of hydrogen-bond acceptors (Lipinski definition) is 5. The van der Waals surface area contributed by atoms with Crippen LogP contribution in [0.25, 0.3) is 5.69 Å². The molecule has 0 unspecified atom stereocenters. The van der Waals surface area contributed by atoms with Crippen LogP contribution in [0.1, 0.15) is 5.82 Å². The second-order valence-electron chi connectivity index (χ2n) is 2.78. The first kappa shape index (κ1) is 9.25. The van der Waals surface area contributed by atoms with Gasteiger partial charge in [-0.1, -0.05) is 0 Å². The Kier molecular flexibility index (Phi) is 2.36. The molecule has 0 aliphatic carbocycles. The van der Waals surface area contributed by atoms with Crippen LogP contribution in [0.4, 0.5) is 0 Å². The summed E-state index contributed by atoms with van der Waals surface area (Å²) < 4.78 is 0. The molecule has 0 saturated heterocycles. The van der Waals surface area contributed by atoms with E-state index in [4.69, 9.17) is 5.11 Å². The number of aromatic nitrogens is 5. The van der Waals surface area contributed by atoms with Crippen molar-refractivity contribution < 1.29 is 9.90 Å². The van der Waals surface area contributed by atoms with Crippen LogP contribution in [0, 0.1) is 0 Å². The Morgan fingerprint density at radius 1 is 1.53 bits per heavy atom. The number of pyridine rings is 1. The number of hydrogen-bond donors (Lipinski definition) is 1. The highest BCUT2D eigenvalue weighted by atomic mass is 16.4. The summed E-state index contributed by atoms with van der Waals surface area (Å²) in [6.45, 7) is 0. The number of carboxylic acid groups (broad SMARTS) is 1. The topological polar surface area (TPSA) is 93.8 Å². The van der Waals surface area contributed by atoms with Crippen LogP contribution < -0.4 is 0 Å². The monoisotopic (exact) mass is 205 g/mol. The molecule has 0 saturated carbocycles. The summed E-state index contributed by atoms with van der Waals surface area (Å²) in [6.07, 6.45) is 2.95. The molecule has 76 valence electrons. The minimum Gasteiger partial charge on any atom is -0.481 e. The molecule has 0 amide bonds. The Hall–Kier alpha value is -2.31. The van der Waals surface area contributed by atoms with E-state index in [0.717, 1.165) is 0 Å². The highest BCUT2D eigenvalue weighted by molar-refractivity contribution is 5.68. The lowest BCUT2D eigenvalue weighted by molar-refractivity contribution is -0.136. The first-order valence-corrected chi connectivity index (χ1v) is 4.17. The summed E-state index contributed by atoms with van der Waals surface area (Å²) in [5, 5.41) is 19.7. The predicted octanol–water partition coefficient (Wildman–Crippen LogP) is -0.316. The van der Waals surface area contributed by atoms with Crippen molar-refractivity contribution >= 4 is 5.97 Å². The van der Waals surface area contributed by atoms with Crippen molar-refractivity contribution in [3.05, 3.63) is 30.4 Å². The molecule has 1 N–H and O–H groups in total. The van der Waals surface area contributed by atoms with E-state index in [2.05, 4.69) is 20.4 Å². The van der Waals surface area contributed by atoms with Crippen LogP contribution in [0.5, 0.6) is 0 Å². The average molecular weight is 205 g/mol. The van der Waals surface area contributed by atoms with Gasteiger partial charge in [0.1, 0.15) is 12.1 Å². The second kappa shape index (κ2) is 3.82. The highest BCUT2D eigenvalue weighted by Gasteiger charge is 2.08. The fourth-order valence-corrected chi connectivity index (χ4v) is 1.03. The Balaban J connectivity index is 2.24. The Bertz CT molecular complexity index is 467. The number of carbonyl (C=O) groups is 1. The minimum atomic E-state index is -0.985. The van der Waals surface area contributed by atoms with E-state index >= 15 is 0 Å². The maximum atomic E-state index is 10.4. The zero-order valence-corrected chi connectivity index (χ0v) is 7.61. The molecule has 7 heteroatoms. The van der Waals surface area contributed by atoms with Gasteiger partial charge < -0.3 is 5.11 Å². The number of aliphatic carboxylic acids is 1. The van der Waals surface area contributed by atoms with E-state index in [1.54, 1.807) is 24.5 Å². The molecule has 0 aliphatic heterocycles. The van der Waals surface area contributed by atoms with E-state index in [9.17, 15) is 4.79 Å². The highest BCUT2D eigenvalue weighted by Crippen LogP contribution is 2.00. The maximum absolute atomic E-state index is 10.4. The van der Waals surface area contributed by atoms with Crippen molar-refractivity contribution in [3.8, 4) is 5.69 Å². The first-order valence-electron chi connectivity index (χ1n) is 4.17. The minimum absolute atomic E-state index is 0.173. The molecule has 2 heterocycles. The fraction of sp³-hybridized carbons (Fsp3) is 0.125. The van der Waals surface area contributed by atoms with Gasteiger partial charge in [-0.05, 0) is 17.3 Å². The van der Waals surface area contributed by atoms with Crippen LogP contribution in [0.3, 0.4) is 0 Å². The molecule has 0 aliphatic rings. The second-order valence-corrected chi connectivity index (χ2v) is 2.78. The third-order valence-electron chi connectivity index (χ3n) is 1.64. The summed E-state index contributed by atoms with van der Waals surface area (Å²) in [5.74, 6) is -0.813. The molecule has 0 atom stereocenters. The maximum Gasteiger partial charge on any atom is 0.311 e. The lowest BCUT2D eigenvalue weighted by Crippen LogP contribution is -2.03. The van der Waals surface area contributed by atoms with Gasteiger partial charge in [0.15, 0.2) is 5.82 Å². The first-order chi connectivity index (χ1) is 7.25. The molecule has 0 fully saturated rings. The molecular formula is C8H7N5O2. The van der Waals surface area contributed by atoms with Crippen LogP contribution in [-0.4, -0.2) is 36.3 Å². The SMILES string of the molecule is O=C(O)Cc1nnn(-c2cccnc2)n1.